The van der Waals surface area contributed by atoms with Gasteiger partial charge in [0.25, 0.3) is 0 Å². The van der Waals surface area contributed by atoms with E-state index in [1.807, 2.05) is 66.9 Å². The molecule has 22 heavy (non-hydrogen) atoms. The molecule has 0 aliphatic rings. The molecule has 0 N–H and O–H groups in total. The van der Waals surface area contributed by atoms with Gasteiger partial charge in [0.15, 0.2) is 5.16 Å². The van der Waals surface area contributed by atoms with Crippen molar-refractivity contribution in [2.75, 3.05) is 11.5 Å². The molecule has 1 unspecified atom stereocenters. The molecule has 1 heterocycles. The van der Waals surface area contributed by atoms with Gasteiger partial charge in [-0.3, -0.25) is 8.78 Å². The Morgan fingerprint density at radius 1 is 1.00 bits per heavy atom. The maximum Gasteiger partial charge on any atom is 0.172 e. The van der Waals surface area contributed by atoms with Crippen molar-refractivity contribution in [2.24, 2.45) is 0 Å². The number of nitrogens with zero attached hydrogens (tertiary/aromatic N) is 2. The van der Waals surface area contributed by atoms with Crippen LogP contribution in [0.3, 0.4) is 0 Å². The van der Waals surface area contributed by atoms with Gasteiger partial charge in [-0.2, -0.15) is 0 Å². The number of imidazole rings is 1. The molecular formula is C17H16N2OS2. The lowest BCUT2D eigenvalue weighted by molar-refractivity contribution is 0.684. The molecule has 3 rings (SSSR count). The largest absolute Gasteiger partial charge is 0.295 e. The highest BCUT2D eigenvalue weighted by Gasteiger charge is 2.07. The molecule has 3 aromatic rings. The Kier molecular flexibility index (Phi) is 5.08. The minimum atomic E-state index is -0.954. The summed E-state index contributed by atoms with van der Waals surface area (Å²) in [7, 11) is -0.954. The maximum absolute atomic E-state index is 12.2. The minimum Gasteiger partial charge on any atom is -0.295 e. The Hall–Kier alpha value is -1.85. The average molecular weight is 328 g/mol. The molecule has 112 valence electrons. The standard InChI is InChI=1S/C17H16N2OS2/c20-22(16-9-5-2-6-10-16)14-13-21-17-18-11-12-19(17)15-7-3-1-4-8-15/h1-12H,13-14H2. The van der Waals surface area contributed by atoms with Gasteiger partial charge < -0.3 is 0 Å². The molecule has 0 saturated carbocycles. The quantitative estimate of drug-likeness (QED) is 0.646. The first-order valence-electron chi connectivity index (χ1n) is 6.99. The van der Waals surface area contributed by atoms with Gasteiger partial charge in [0.2, 0.25) is 0 Å². The highest BCUT2D eigenvalue weighted by molar-refractivity contribution is 8.00. The van der Waals surface area contributed by atoms with E-state index in [4.69, 9.17) is 0 Å². The van der Waals surface area contributed by atoms with Crippen molar-refractivity contribution >= 4 is 22.6 Å². The van der Waals surface area contributed by atoms with Gasteiger partial charge in [0.05, 0.1) is 10.8 Å². The van der Waals surface area contributed by atoms with Gasteiger partial charge in [-0.15, -0.1) is 0 Å². The van der Waals surface area contributed by atoms with Crippen LogP contribution in [0.25, 0.3) is 5.69 Å². The first-order chi connectivity index (χ1) is 10.8. The molecule has 0 saturated heterocycles. The van der Waals surface area contributed by atoms with Crippen molar-refractivity contribution < 1.29 is 4.21 Å². The Bertz CT molecular complexity index is 742. The molecule has 0 amide bonds. The summed E-state index contributed by atoms with van der Waals surface area (Å²) in [6, 6.07) is 19.7. The first kappa shape index (κ1) is 15.1. The van der Waals surface area contributed by atoms with E-state index >= 15 is 0 Å². The van der Waals surface area contributed by atoms with E-state index in [0.29, 0.717) is 5.75 Å². The lowest BCUT2D eigenvalue weighted by atomic mass is 10.3. The van der Waals surface area contributed by atoms with Gasteiger partial charge in [-0.05, 0) is 24.3 Å². The van der Waals surface area contributed by atoms with Crippen LogP contribution in [0.1, 0.15) is 0 Å². The Balaban J connectivity index is 1.61. The zero-order valence-corrected chi connectivity index (χ0v) is 13.6. The van der Waals surface area contributed by atoms with Crippen molar-refractivity contribution in [3.05, 3.63) is 73.1 Å². The fourth-order valence-corrected chi connectivity index (χ4v) is 4.34. The fourth-order valence-electron chi connectivity index (χ4n) is 2.08. The van der Waals surface area contributed by atoms with Crippen LogP contribution in [-0.4, -0.2) is 25.3 Å². The molecule has 3 nitrogen and oxygen atoms in total. The molecule has 0 bridgehead atoms. The summed E-state index contributed by atoms with van der Waals surface area (Å²) in [4.78, 5) is 5.27. The summed E-state index contributed by atoms with van der Waals surface area (Å²) in [6.45, 7) is 0. The van der Waals surface area contributed by atoms with Gasteiger partial charge in [0, 0.05) is 34.5 Å². The topological polar surface area (TPSA) is 34.9 Å². The van der Waals surface area contributed by atoms with E-state index in [9.17, 15) is 4.21 Å². The van der Waals surface area contributed by atoms with Crippen molar-refractivity contribution in [3.63, 3.8) is 0 Å². The molecule has 0 aliphatic heterocycles. The predicted octanol–water partition coefficient (Wildman–Crippen LogP) is 3.77. The van der Waals surface area contributed by atoms with Crippen LogP contribution < -0.4 is 0 Å². The van der Waals surface area contributed by atoms with Crippen molar-refractivity contribution in [1.29, 1.82) is 0 Å². The van der Waals surface area contributed by atoms with E-state index in [2.05, 4.69) is 9.55 Å². The third-order valence-corrected chi connectivity index (χ3v) is 5.75. The molecule has 0 radical (unpaired) electrons. The molecule has 1 atom stereocenters. The van der Waals surface area contributed by atoms with E-state index < -0.39 is 10.8 Å². The monoisotopic (exact) mass is 328 g/mol. The van der Waals surface area contributed by atoms with Gasteiger partial charge in [-0.1, -0.05) is 48.2 Å². The summed E-state index contributed by atoms with van der Waals surface area (Å²) < 4.78 is 14.3. The van der Waals surface area contributed by atoms with Gasteiger partial charge in [-0.25, -0.2) is 4.98 Å². The number of hydrogen-bond acceptors (Lipinski definition) is 3. The van der Waals surface area contributed by atoms with E-state index in [0.717, 1.165) is 21.5 Å². The molecule has 1 aromatic heterocycles. The molecule has 2 aromatic carbocycles. The summed E-state index contributed by atoms with van der Waals surface area (Å²) in [6.07, 6.45) is 3.75. The molecular weight excluding hydrogens is 312 g/mol. The second-order valence-electron chi connectivity index (χ2n) is 4.63. The Morgan fingerprint density at radius 2 is 1.68 bits per heavy atom. The zero-order chi connectivity index (χ0) is 15.2. The summed E-state index contributed by atoms with van der Waals surface area (Å²) in [5.41, 5.74) is 1.09. The highest BCUT2D eigenvalue weighted by atomic mass is 32.2. The van der Waals surface area contributed by atoms with E-state index in [1.54, 1.807) is 18.0 Å². The van der Waals surface area contributed by atoms with Crippen LogP contribution in [0.15, 0.2) is 83.1 Å². The van der Waals surface area contributed by atoms with Gasteiger partial charge >= 0.3 is 0 Å². The van der Waals surface area contributed by atoms with Crippen LogP contribution in [-0.2, 0) is 10.8 Å². The van der Waals surface area contributed by atoms with E-state index in [1.165, 1.54) is 0 Å². The molecule has 0 spiro atoms. The van der Waals surface area contributed by atoms with Crippen LogP contribution in [0.5, 0.6) is 0 Å². The molecule has 0 fully saturated rings. The van der Waals surface area contributed by atoms with Crippen molar-refractivity contribution in [3.8, 4) is 5.69 Å². The third-order valence-electron chi connectivity index (χ3n) is 3.15. The normalized spacial score (nSPS) is 12.2. The molecule has 0 aliphatic carbocycles. The van der Waals surface area contributed by atoms with Crippen LogP contribution in [0.2, 0.25) is 0 Å². The predicted molar refractivity (Wildman–Crippen MR) is 92.0 cm³/mol. The second kappa shape index (κ2) is 7.42. The Labute approximate surface area is 136 Å². The minimum absolute atomic E-state index is 0.621. The Morgan fingerprint density at radius 3 is 2.41 bits per heavy atom. The summed E-state index contributed by atoms with van der Waals surface area (Å²) in [5, 5.41) is 0.927. The average Bonchev–Trinajstić information content (AvgIpc) is 3.05. The fraction of sp³-hybridized carbons (Fsp3) is 0.118. The third kappa shape index (κ3) is 3.67. The lowest BCUT2D eigenvalue weighted by Gasteiger charge is -2.07. The second-order valence-corrected chi connectivity index (χ2v) is 7.26. The van der Waals surface area contributed by atoms with Crippen molar-refractivity contribution in [1.82, 2.24) is 9.55 Å². The number of para-hydroxylation sites is 1. The van der Waals surface area contributed by atoms with Crippen molar-refractivity contribution in [2.45, 2.75) is 10.1 Å². The van der Waals surface area contributed by atoms with Crippen LogP contribution >= 0.6 is 11.8 Å². The number of benzene rings is 2. The van der Waals surface area contributed by atoms with E-state index in [-0.39, 0.29) is 0 Å². The van der Waals surface area contributed by atoms with Crippen LogP contribution in [0.4, 0.5) is 0 Å². The number of aromatic nitrogens is 2. The number of hydrogen-bond donors (Lipinski definition) is 0. The first-order valence-corrected chi connectivity index (χ1v) is 9.30. The summed E-state index contributed by atoms with van der Waals surface area (Å²) >= 11 is 1.63. The number of rotatable bonds is 6. The number of thioether (sulfide) groups is 1. The molecule has 5 heteroatoms. The smallest absolute Gasteiger partial charge is 0.172 e. The maximum atomic E-state index is 12.2. The van der Waals surface area contributed by atoms with Gasteiger partial charge in [0.1, 0.15) is 0 Å². The summed E-state index contributed by atoms with van der Waals surface area (Å²) in [5.74, 6) is 1.39. The SMILES string of the molecule is O=S(CCSc1nccn1-c1ccccc1)c1ccccc1. The zero-order valence-electron chi connectivity index (χ0n) is 12.0. The van der Waals surface area contributed by atoms with Crippen LogP contribution in [0, 0.1) is 0 Å². The highest BCUT2D eigenvalue weighted by Crippen LogP contribution is 2.20. The lowest BCUT2D eigenvalue weighted by Crippen LogP contribution is -2.02.